The largest absolute Gasteiger partial charge is 0.479 e. The lowest BCUT2D eigenvalue weighted by atomic mass is 10.1. The van der Waals surface area contributed by atoms with Gasteiger partial charge < -0.3 is 14.9 Å². The van der Waals surface area contributed by atoms with Gasteiger partial charge in [0.05, 0.1) is 0 Å². The van der Waals surface area contributed by atoms with Crippen molar-refractivity contribution in [3.63, 3.8) is 0 Å². The number of hydrogen-bond donors (Lipinski definition) is 3. The molecule has 16 heavy (non-hydrogen) atoms. The number of aliphatic carboxylic acids is 2. The summed E-state index contributed by atoms with van der Waals surface area (Å²) in [5, 5.41) is 25.5. The molecule has 0 bridgehead atoms. The number of rotatable bonds is 6. The van der Waals surface area contributed by atoms with Crippen molar-refractivity contribution in [3.05, 3.63) is 0 Å². The van der Waals surface area contributed by atoms with Crippen LogP contribution in [-0.4, -0.2) is 50.7 Å². The first-order chi connectivity index (χ1) is 7.29. The third-order valence-corrected chi connectivity index (χ3v) is 2.34. The van der Waals surface area contributed by atoms with Crippen molar-refractivity contribution in [2.45, 2.75) is 18.0 Å². The van der Waals surface area contributed by atoms with Crippen LogP contribution in [0.4, 0.5) is 0 Å². The van der Waals surface area contributed by atoms with Gasteiger partial charge in [-0.05, 0) is 13.2 Å². The van der Waals surface area contributed by atoms with E-state index in [-0.39, 0.29) is 0 Å². The molecule has 0 saturated heterocycles. The van der Waals surface area contributed by atoms with Crippen LogP contribution >= 0.6 is 11.8 Å². The molecule has 0 fully saturated rings. The fourth-order valence-electron chi connectivity index (χ4n) is 0.573. The topological polar surface area (TPSA) is 130 Å². The third kappa shape index (κ3) is 3.08. The van der Waals surface area contributed by atoms with E-state index >= 15 is 0 Å². The summed E-state index contributed by atoms with van der Waals surface area (Å²) < 4.78 is 4.34. The molecule has 3 N–H and O–H groups in total. The van der Waals surface area contributed by atoms with Crippen LogP contribution in [-0.2, 0) is 24.0 Å². The van der Waals surface area contributed by atoms with Gasteiger partial charge in [-0.2, -0.15) is 0 Å². The lowest BCUT2D eigenvalue weighted by Gasteiger charge is -2.20. The minimum atomic E-state index is -2.65. The van der Waals surface area contributed by atoms with Gasteiger partial charge in [0.1, 0.15) is 0 Å². The quantitative estimate of drug-likeness (QED) is 0.191. The SMILES string of the molecule is CSC(OC(=O)C(C)(OO)C(=O)O)C(=O)O. The molecule has 8 nitrogen and oxygen atoms in total. The van der Waals surface area contributed by atoms with Gasteiger partial charge in [-0.25, -0.2) is 19.3 Å². The van der Waals surface area contributed by atoms with Crippen LogP contribution in [0.3, 0.4) is 0 Å². The predicted molar refractivity (Wildman–Crippen MR) is 50.8 cm³/mol. The van der Waals surface area contributed by atoms with Gasteiger partial charge in [-0.3, -0.25) is 5.26 Å². The van der Waals surface area contributed by atoms with Crippen molar-refractivity contribution >= 4 is 29.7 Å². The predicted octanol–water partition coefficient (Wildman–Crippen LogP) is -0.364. The molecule has 2 atom stereocenters. The Morgan fingerprint density at radius 1 is 1.31 bits per heavy atom. The van der Waals surface area contributed by atoms with Gasteiger partial charge in [0.25, 0.3) is 5.60 Å². The summed E-state index contributed by atoms with van der Waals surface area (Å²) in [7, 11) is 0. The third-order valence-electron chi connectivity index (χ3n) is 1.61. The van der Waals surface area contributed by atoms with E-state index in [9.17, 15) is 14.4 Å². The smallest absolute Gasteiger partial charge is 0.355 e. The maximum absolute atomic E-state index is 11.2. The first-order valence-corrected chi connectivity index (χ1v) is 5.11. The molecular formula is C7H10O8S. The molecule has 0 spiro atoms. The van der Waals surface area contributed by atoms with E-state index < -0.39 is 28.9 Å². The van der Waals surface area contributed by atoms with Gasteiger partial charge in [-0.1, -0.05) is 0 Å². The van der Waals surface area contributed by atoms with Crippen LogP contribution in [0.5, 0.6) is 0 Å². The van der Waals surface area contributed by atoms with Crippen molar-refractivity contribution in [1.82, 2.24) is 0 Å². The normalized spacial score (nSPS) is 15.9. The number of carbonyl (C=O) groups excluding carboxylic acids is 1. The molecule has 0 aliphatic heterocycles. The molecule has 0 heterocycles. The number of carboxylic acid groups (broad SMARTS) is 2. The second kappa shape index (κ2) is 5.68. The zero-order valence-electron chi connectivity index (χ0n) is 8.37. The van der Waals surface area contributed by atoms with Gasteiger partial charge in [-0.15, -0.1) is 11.8 Å². The molecule has 0 amide bonds. The fraction of sp³-hybridized carbons (Fsp3) is 0.571. The van der Waals surface area contributed by atoms with Crippen molar-refractivity contribution in [1.29, 1.82) is 0 Å². The number of thioether (sulfide) groups is 1. The molecule has 92 valence electrons. The maximum Gasteiger partial charge on any atom is 0.355 e. The summed E-state index contributed by atoms with van der Waals surface area (Å²) in [6.45, 7) is 0.733. The number of ether oxygens (including phenoxy) is 1. The van der Waals surface area contributed by atoms with Crippen LogP contribution < -0.4 is 0 Å². The van der Waals surface area contributed by atoms with Gasteiger partial charge in [0, 0.05) is 0 Å². The standard InChI is InChI=1S/C7H10O8S/c1-7(15-13,5(10)11)6(12)14-4(16-2)3(8)9/h4,13H,1-2H3,(H,8,9)(H,10,11). The van der Waals surface area contributed by atoms with Crippen LogP contribution in [0.1, 0.15) is 6.92 Å². The molecule has 0 aliphatic carbocycles. The van der Waals surface area contributed by atoms with Crippen molar-refractivity contribution in [3.8, 4) is 0 Å². The number of carbonyl (C=O) groups is 3. The highest BCUT2D eigenvalue weighted by molar-refractivity contribution is 7.99. The highest BCUT2D eigenvalue weighted by Crippen LogP contribution is 2.17. The van der Waals surface area contributed by atoms with Crippen LogP contribution in [0.25, 0.3) is 0 Å². The first kappa shape index (κ1) is 14.7. The van der Waals surface area contributed by atoms with E-state index in [0.29, 0.717) is 11.8 Å². The molecule has 2 unspecified atom stereocenters. The first-order valence-electron chi connectivity index (χ1n) is 3.82. The second-order valence-corrected chi connectivity index (χ2v) is 3.64. The Kier molecular flexibility index (Phi) is 5.21. The minimum Gasteiger partial charge on any atom is -0.479 e. The summed E-state index contributed by atoms with van der Waals surface area (Å²) in [5.41, 5.74) is -4.22. The number of carboxylic acids is 2. The van der Waals surface area contributed by atoms with Crippen molar-refractivity contribution < 1.29 is 39.5 Å². The highest BCUT2D eigenvalue weighted by Gasteiger charge is 2.47. The van der Waals surface area contributed by atoms with Crippen LogP contribution in [0, 0.1) is 0 Å². The number of esters is 1. The Hall–Kier alpha value is -1.32. The average Bonchev–Trinajstić information content (AvgIpc) is 2.23. The Morgan fingerprint density at radius 3 is 2.06 bits per heavy atom. The van der Waals surface area contributed by atoms with Crippen molar-refractivity contribution in [2.75, 3.05) is 6.26 Å². The molecule has 0 aromatic carbocycles. The molecule has 0 saturated carbocycles. The highest BCUT2D eigenvalue weighted by atomic mass is 32.2. The summed E-state index contributed by atoms with van der Waals surface area (Å²) >= 11 is 0.672. The van der Waals surface area contributed by atoms with Gasteiger partial charge >= 0.3 is 17.9 Å². The Morgan fingerprint density at radius 2 is 1.81 bits per heavy atom. The van der Waals surface area contributed by atoms with E-state index in [1.807, 2.05) is 0 Å². The molecule has 0 aromatic heterocycles. The van der Waals surface area contributed by atoms with E-state index in [1.54, 1.807) is 0 Å². The zero-order valence-corrected chi connectivity index (χ0v) is 9.18. The zero-order chi connectivity index (χ0) is 12.9. The van der Waals surface area contributed by atoms with Crippen molar-refractivity contribution in [2.24, 2.45) is 0 Å². The average molecular weight is 254 g/mol. The lowest BCUT2D eigenvalue weighted by Crippen LogP contribution is -2.48. The molecule has 0 rings (SSSR count). The van der Waals surface area contributed by atoms with E-state index in [1.165, 1.54) is 6.26 Å². The number of hydrogen-bond acceptors (Lipinski definition) is 7. The lowest BCUT2D eigenvalue weighted by molar-refractivity contribution is -0.308. The second-order valence-electron chi connectivity index (χ2n) is 2.74. The summed E-state index contributed by atoms with van der Waals surface area (Å²) in [5.74, 6) is -4.76. The molecule has 0 aliphatic rings. The van der Waals surface area contributed by atoms with Crippen LogP contribution in [0.15, 0.2) is 0 Å². The Bertz CT molecular complexity index is 303. The summed E-state index contributed by atoms with van der Waals surface area (Å²) in [6.07, 6.45) is 1.35. The van der Waals surface area contributed by atoms with E-state index in [0.717, 1.165) is 6.92 Å². The van der Waals surface area contributed by atoms with Crippen LogP contribution in [0.2, 0.25) is 0 Å². The Balaban J connectivity index is 4.79. The van der Waals surface area contributed by atoms with Gasteiger partial charge in [0.2, 0.25) is 5.44 Å². The minimum absolute atomic E-state index is 0.672. The fourth-order valence-corrected chi connectivity index (χ4v) is 0.958. The monoisotopic (exact) mass is 254 g/mol. The molecule has 0 radical (unpaired) electrons. The Labute approximate surface area is 94.1 Å². The van der Waals surface area contributed by atoms with E-state index in [2.05, 4.69) is 9.62 Å². The van der Waals surface area contributed by atoms with E-state index in [4.69, 9.17) is 15.5 Å². The molecular weight excluding hydrogens is 244 g/mol. The summed E-state index contributed by atoms with van der Waals surface area (Å²) in [4.78, 5) is 35.9. The molecule has 9 heteroatoms. The maximum atomic E-state index is 11.2. The summed E-state index contributed by atoms with van der Waals surface area (Å²) in [6, 6.07) is 0. The molecule has 0 aromatic rings. The van der Waals surface area contributed by atoms with Gasteiger partial charge in [0.15, 0.2) is 0 Å².